The predicted octanol–water partition coefficient (Wildman–Crippen LogP) is 4.70. The van der Waals surface area contributed by atoms with E-state index in [1.165, 1.54) is 0 Å². The molecule has 9 heteroatoms. The third kappa shape index (κ3) is 4.25. The van der Waals surface area contributed by atoms with Crippen LogP contribution in [0.2, 0.25) is 0 Å². The lowest BCUT2D eigenvalue weighted by atomic mass is 10.0. The van der Waals surface area contributed by atoms with E-state index in [2.05, 4.69) is 9.38 Å². The molecule has 1 aliphatic rings. The molecule has 0 aliphatic carbocycles. The van der Waals surface area contributed by atoms with Crippen LogP contribution in [0.15, 0.2) is 28.9 Å². The second-order valence-electron chi connectivity index (χ2n) is 9.12. The van der Waals surface area contributed by atoms with Gasteiger partial charge in [-0.25, -0.2) is 18.7 Å². The van der Waals surface area contributed by atoms with Crippen LogP contribution in [0.5, 0.6) is 0 Å². The van der Waals surface area contributed by atoms with Gasteiger partial charge >= 0.3 is 0 Å². The molecule has 0 N–H and O–H groups in total. The standard InChI is InChI=1S/C22H27F2N5OS/c1-14-12-16(15(2)27-31(30)21(3,4)5)18-17(13-14)19-25-8-11-29(19)20(26-18)28-9-6-22(23,24)7-10-28/h8,11-13H,6-7,9-10H2,1-5H3. The number of aromatic nitrogens is 3. The topological polar surface area (TPSA) is 68.9 Å². The van der Waals surface area contributed by atoms with Crippen molar-refractivity contribution >= 4 is 39.6 Å². The van der Waals surface area contributed by atoms with Gasteiger partial charge in [-0.1, -0.05) is 4.40 Å². The lowest BCUT2D eigenvalue weighted by Crippen LogP contribution is -2.40. The number of fused-ring (bicyclic) bond motifs is 3. The zero-order valence-electron chi connectivity index (χ0n) is 18.4. The van der Waals surface area contributed by atoms with E-state index >= 15 is 0 Å². The van der Waals surface area contributed by atoms with Gasteiger partial charge in [0.15, 0.2) is 0 Å². The van der Waals surface area contributed by atoms with E-state index in [-0.39, 0.29) is 25.9 Å². The minimum Gasteiger partial charge on any atom is -0.591 e. The van der Waals surface area contributed by atoms with Crippen LogP contribution in [0.1, 0.15) is 51.7 Å². The molecule has 1 aliphatic heterocycles. The molecule has 3 heterocycles. The first-order valence-corrected chi connectivity index (χ1v) is 11.4. The Morgan fingerprint density at radius 2 is 1.90 bits per heavy atom. The third-order valence-corrected chi connectivity index (χ3v) is 6.96. The van der Waals surface area contributed by atoms with Crippen LogP contribution in [0.25, 0.3) is 16.6 Å². The van der Waals surface area contributed by atoms with Crippen LogP contribution in [0.3, 0.4) is 0 Å². The number of rotatable bonds is 3. The Morgan fingerprint density at radius 3 is 2.55 bits per heavy atom. The molecule has 2 aromatic heterocycles. The summed E-state index contributed by atoms with van der Waals surface area (Å²) >= 11 is -1.41. The van der Waals surface area contributed by atoms with E-state index in [0.717, 1.165) is 16.5 Å². The normalized spacial score (nSPS) is 18.7. The number of hydrogen-bond donors (Lipinski definition) is 0. The lowest BCUT2D eigenvalue weighted by molar-refractivity contribution is -0.0222. The van der Waals surface area contributed by atoms with Crippen LogP contribution < -0.4 is 4.90 Å². The quantitative estimate of drug-likeness (QED) is 0.431. The Kier molecular flexibility index (Phi) is 5.46. The molecular weight excluding hydrogens is 420 g/mol. The van der Waals surface area contributed by atoms with E-state index in [1.807, 2.05) is 62.2 Å². The number of aryl methyl sites for hydroxylation is 1. The van der Waals surface area contributed by atoms with Gasteiger partial charge in [0.1, 0.15) is 21.8 Å². The van der Waals surface area contributed by atoms with Gasteiger partial charge in [0.2, 0.25) is 5.95 Å². The molecular formula is C22H27F2N5OS. The van der Waals surface area contributed by atoms with Crippen LogP contribution in [0, 0.1) is 6.92 Å². The van der Waals surface area contributed by atoms with Crippen LogP contribution in [0.4, 0.5) is 14.7 Å². The summed E-state index contributed by atoms with van der Waals surface area (Å²) in [7, 11) is 0. The number of imidazole rings is 1. The van der Waals surface area contributed by atoms with Crippen molar-refractivity contribution in [1.29, 1.82) is 0 Å². The summed E-state index contributed by atoms with van der Waals surface area (Å²) in [6.45, 7) is 9.90. The van der Waals surface area contributed by atoms with Crippen molar-refractivity contribution in [2.75, 3.05) is 18.0 Å². The number of piperidine rings is 1. The predicted molar refractivity (Wildman–Crippen MR) is 122 cm³/mol. The Morgan fingerprint density at radius 1 is 1.23 bits per heavy atom. The second kappa shape index (κ2) is 7.70. The summed E-state index contributed by atoms with van der Waals surface area (Å²) < 4.78 is 45.9. The molecule has 0 bridgehead atoms. The van der Waals surface area contributed by atoms with Gasteiger partial charge in [-0.05, 0) is 52.3 Å². The Hall–Kier alpha value is -2.26. The summed E-state index contributed by atoms with van der Waals surface area (Å²) in [5.41, 5.74) is 3.81. The summed E-state index contributed by atoms with van der Waals surface area (Å²) in [5.74, 6) is -2.05. The molecule has 0 radical (unpaired) electrons. The molecule has 1 aromatic carbocycles. The number of anilines is 1. The first-order valence-electron chi connectivity index (χ1n) is 10.3. The molecule has 4 rings (SSSR count). The van der Waals surface area contributed by atoms with Gasteiger partial charge in [-0.3, -0.25) is 4.40 Å². The van der Waals surface area contributed by atoms with Crippen molar-refractivity contribution in [2.24, 2.45) is 4.40 Å². The molecule has 3 aromatic rings. The van der Waals surface area contributed by atoms with Gasteiger partial charge < -0.3 is 9.45 Å². The van der Waals surface area contributed by atoms with Gasteiger partial charge in [-0.15, -0.1) is 0 Å². The fraction of sp³-hybridized carbons (Fsp3) is 0.500. The summed E-state index contributed by atoms with van der Waals surface area (Å²) in [5, 5.41) is 0.849. The first kappa shape index (κ1) is 22.0. The minimum atomic E-state index is -2.63. The highest BCUT2D eigenvalue weighted by atomic mass is 32.2. The SMILES string of the molecule is CC(=N[S+]([O-])C(C)(C)C)c1cc(C)cc2c1nc(N1CCC(F)(F)CC1)n1ccnc21. The zero-order chi connectivity index (χ0) is 22.6. The smallest absolute Gasteiger partial charge is 0.251 e. The largest absolute Gasteiger partial charge is 0.591 e. The molecule has 0 amide bonds. The molecule has 1 saturated heterocycles. The van der Waals surface area contributed by atoms with Crippen molar-refractivity contribution in [3.05, 3.63) is 35.7 Å². The summed E-state index contributed by atoms with van der Waals surface area (Å²) in [4.78, 5) is 11.3. The van der Waals surface area contributed by atoms with E-state index in [1.54, 1.807) is 6.20 Å². The van der Waals surface area contributed by atoms with Crippen molar-refractivity contribution in [1.82, 2.24) is 14.4 Å². The molecule has 1 atom stereocenters. The van der Waals surface area contributed by atoms with E-state index in [9.17, 15) is 13.3 Å². The molecule has 0 saturated carbocycles. The third-order valence-electron chi connectivity index (χ3n) is 5.47. The van der Waals surface area contributed by atoms with Crippen molar-refractivity contribution in [3.8, 4) is 0 Å². The number of hydrogen-bond acceptors (Lipinski definition) is 5. The van der Waals surface area contributed by atoms with Crippen LogP contribution in [-0.4, -0.2) is 48.4 Å². The van der Waals surface area contributed by atoms with Crippen molar-refractivity contribution in [2.45, 2.75) is 58.1 Å². The van der Waals surface area contributed by atoms with Crippen LogP contribution in [-0.2, 0) is 11.4 Å². The Balaban J connectivity index is 1.90. The maximum atomic E-state index is 13.7. The second-order valence-corrected chi connectivity index (χ2v) is 11.0. The lowest BCUT2D eigenvalue weighted by Gasteiger charge is -2.32. The Bertz CT molecular complexity index is 1160. The number of nitrogens with zero attached hydrogens (tertiary/aromatic N) is 5. The van der Waals surface area contributed by atoms with E-state index in [4.69, 9.17) is 4.98 Å². The first-order chi connectivity index (χ1) is 14.5. The van der Waals surface area contributed by atoms with Gasteiger partial charge in [-0.2, -0.15) is 0 Å². The highest BCUT2D eigenvalue weighted by molar-refractivity contribution is 7.91. The molecule has 1 fully saturated rings. The highest BCUT2D eigenvalue weighted by Gasteiger charge is 2.35. The average molecular weight is 448 g/mol. The van der Waals surface area contributed by atoms with Gasteiger partial charge in [0.05, 0.1) is 11.2 Å². The average Bonchev–Trinajstić information content (AvgIpc) is 3.16. The highest BCUT2D eigenvalue weighted by Crippen LogP contribution is 2.33. The van der Waals surface area contributed by atoms with E-state index in [0.29, 0.717) is 22.8 Å². The number of alkyl halides is 2. The number of benzene rings is 1. The molecule has 1 unspecified atom stereocenters. The van der Waals surface area contributed by atoms with Crippen LogP contribution >= 0.6 is 0 Å². The molecule has 31 heavy (non-hydrogen) atoms. The number of halogens is 2. The molecule has 0 spiro atoms. The van der Waals surface area contributed by atoms with Gasteiger partial charge in [0, 0.05) is 49.3 Å². The molecule has 166 valence electrons. The maximum Gasteiger partial charge on any atom is 0.251 e. The Labute approximate surface area is 183 Å². The van der Waals surface area contributed by atoms with Crippen molar-refractivity contribution < 1.29 is 13.3 Å². The molecule has 6 nitrogen and oxygen atoms in total. The fourth-order valence-corrected chi connectivity index (χ4v) is 4.35. The minimum absolute atomic E-state index is 0.200. The summed E-state index contributed by atoms with van der Waals surface area (Å²) in [6.07, 6.45) is 3.10. The summed E-state index contributed by atoms with van der Waals surface area (Å²) in [6, 6.07) is 3.98. The maximum absolute atomic E-state index is 13.7. The zero-order valence-corrected chi connectivity index (χ0v) is 19.3. The van der Waals surface area contributed by atoms with Crippen molar-refractivity contribution in [3.63, 3.8) is 0 Å². The van der Waals surface area contributed by atoms with Gasteiger partial charge in [0.25, 0.3) is 5.92 Å². The van der Waals surface area contributed by atoms with E-state index < -0.39 is 22.0 Å². The fourth-order valence-electron chi connectivity index (χ4n) is 3.73. The monoisotopic (exact) mass is 447 g/mol.